The van der Waals surface area contributed by atoms with E-state index in [-0.39, 0.29) is 42.4 Å². The van der Waals surface area contributed by atoms with Crippen LogP contribution in [0, 0.1) is 17.2 Å². The number of carboxylic acids is 1. The lowest BCUT2D eigenvalue weighted by molar-refractivity contribution is -0.192. The number of alkyl halides is 3. The van der Waals surface area contributed by atoms with Crippen molar-refractivity contribution in [1.82, 2.24) is 10.6 Å². The number of nitrogens with two attached hydrogens (primary N) is 4. The zero-order valence-corrected chi connectivity index (χ0v) is 27.0. The third-order valence-corrected chi connectivity index (χ3v) is 8.04. The number of amides is 3. The Hall–Kier alpha value is -5.15. The minimum Gasteiger partial charge on any atom is -0.475 e. The minimum atomic E-state index is -5.08. The SMILES string of the molecule is N=C(N)c1ccc(C[C@@H](C(=O)N[C@@H](Cc2ccccc2)C(=O)N[C@@H](CCCN=C(N)N)C(N)=O)C2CCCCC2)cc1.O=C(O)C(F)(F)F. The Morgan fingerprint density at radius 3 is 1.90 bits per heavy atom. The van der Waals surface area contributed by atoms with Gasteiger partial charge in [-0.05, 0) is 49.1 Å². The van der Waals surface area contributed by atoms with E-state index in [1.54, 1.807) is 12.1 Å². The van der Waals surface area contributed by atoms with Crippen molar-refractivity contribution in [3.63, 3.8) is 0 Å². The number of hydrogen-bond donors (Lipinski definition) is 8. The fourth-order valence-electron chi connectivity index (χ4n) is 5.48. The van der Waals surface area contributed by atoms with Crippen molar-refractivity contribution in [3.05, 3.63) is 71.3 Å². The molecule has 0 spiro atoms. The molecule has 0 radical (unpaired) electrons. The van der Waals surface area contributed by atoms with Crippen LogP contribution in [-0.2, 0) is 32.0 Å². The number of carbonyl (C=O) groups is 4. The highest BCUT2D eigenvalue weighted by Gasteiger charge is 2.38. The first kappa shape index (κ1) is 40.0. The predicted molar refractivity (Wildman–Crippen MR) is 178 cm³/mol. The number of nitrogen functional groups attached to an aromatic ring is 1. The van der Waals surface area contributed by atoms with Gasteiger partial charge in [-0.15, -0.1) is 0 Å². The molecule has 0 bridgehead atoms. The molecule has 12 N–H and O–H groups in total. The quantitative estimate of drug-likeness (QED) is 0.0778. The zero-order valence-electron chi connectivity index (χ0n) is 27.0. The lowest BCUT2D eigenvalue weighted by atomic mass is 9.76. The number of nitrogens with one attached hydrogen (secondary N) is 3. The Bertz CT molecular complexity index is 1430. The van der Waals surface area contributed by atoms with Crippen LogP contribution < -0.4 is 33.6 Å². The monoisotopic (exact) mass is 690 g/mol. The molecule has 49 heavy (non-hydrogen) atoms. The summed E-state index contributed by atoms with van der Waals surface area (Å²) >= 11 is 0. The van der Waals surface area contributed by atoms with Crippen LogP contribution in [0.15, 0.2) is 59.6 Å². The highest BCUT2D eigenvalue weighted by molar-refractivity contribution is 5.95. The average Bonchev–Trinajstić information content (AvgIpc) is 3.05. The van der Waals surface area contributed by atoms with Crippen LogP contribution >= 0.6 is 0 Å². The first-order valence-electron chi connectivity index (χ1n) is 15.8. The standard InChI is InChI=1S/C31H44N8O3.C2HF3O2/c32-27(33)23-15-13-21(14-16-23)18-24(22-10-5-2-6-11-22)29(41)39-26(19-20-8-3-1-4-9-20)30(42)38-25(28(34)40)12-7-17-37-31(35)36;3-2(4,5)1(6)7/h1,3-4,8-9,13-16,22,24-26H,2,5-7,10-12,17-19H2,(H3,32,33)(H2,34,40)(H,38,42)(H,39,41)(H4,35,36,37);(H,6,7)/t24-,25+,26+;/m1./s1. The second kappa shape index (κ2) is 19.6. The lowest BCUT2D eigenvalue weighted by Crippen LogP contribution is -2.55. The molecule has 3 amide bonds. The van der Waals surface area contributed by atoms with Crippen LogP contribution in [0.2, 0.25) is 0 Å². The van der Waals surface area contributed by atoms with Gasteiger partial charge in [-0.1, -0.05) is 73.9 Å². The van der Waals surface area contributed by atoms with Crippen LogP contribution in [0.1, 0.15) is 61.6 Å². The minimum absolute atomic E-state index is 0.0107. The first-order valence-corrected chi connectivity index (χ1v) is 15.8. The Balaban J connectivity index is 0.00000107. The third-order valence-electron chi connectivity index (χ3n) is 8.04. The molecule has 0 aromatic heterocycles. The van der Waals surface area contributed by atoms with Crippen molar-refractivity contribution in [1.29, 1.82) is 5.41 Å². The summed E-state index contributed by atoms with van der Waals surface area (Å²) in [5.41, 5.74) is 24.4. The van der Waals surface area contributed by atoms with Crippen molar-refractivity contribution in [2.24, 2.45) is 39.8 Å². The molecule has 1 aliphatic rings. The Labute approximate surface area is 282 Å². The second-order valence-corrected chi connectivity index (χ2v) is 11.8. The number of aliphatic imine (C=N–C) groups is 1. The molecule has 3 atom stereocenters. The highest BCUT2D eigenvalue weighted by Crippen LogP contribution is 2.32. The number of carbonyl (C=O) groups excluding carboxylic acids is 3. The van der Waals surface area contributed by atoms with Gasteiger partial charge >= 0.3 is 12.1 Å². The van der Waals surface area contributed by atoms with Crippen LogP contribution in [0.5, 0.6) is 0 Å². The number of halogens is 3. The summed E-state index contributed by atoms with van der Waals surface area (Å²) in [6.45, 7) is 0.294. The fraction of sp³-hybridized carbons (Fsp3) is 0.455. The van der Waals surface area contributed by atoms with Crippen molar-refractivity contribution in [2.75, 3.05) is 6.54 Å². The maximum atomic E-state index is 13.9. The number of rotatable bonds is 15. The number of guanidine groups is 1. The largest absolute Gasteiger partial charge is 0.490 e. The molecule has 3 rings (SSSR count). The molecule has 13 nitrogen and oxygen atoms in total. The van der Waals surface area contributed by atoms with Crippen LogP contribution in [-0.4, -0.2) is 65.4 Å². The molecule has 2 aromatic rings. The molecule has 0 saturated heterocycles. The van der Waals surface area contributed by atoms with E-state index in [9.17, 15) is 27.6 Å². The van der Waals surface area contributed by atoms with Crippen LogP contribution in [0.25, 0.3) is 0 Å². The smallest absolute Gasteiger partial charge is 0.475 e. The number of nitrogens with zero attached hydrogens (tertiary/aromatic N) is 1. The van der Waals surface area contributed by atoms with E-state index in [1.807, 2.05) is 42.5 Å². The molecule has 1 fully saturated rings. The van der Waals surface area contributed by atoms with E-state index in [0.717, 1.165) is 43.2 Å². The molecule has 268 valence electrons. The average molecular weight is 691 g/mol. The third kappa shape index (κ3) is 14.7. The summed E-state index contributed by atoms with van der Waals surface area (Å²) in [6.07, 6.45) is 1.52. The second-order valence-electron chi connectivity index (χ2n) is 11.8. The molecule has 16 heteroatoms. The van der Waals surface area contributed by atoms with Crippen molar-refractivity contribution < 1.29 is 37.5 Å². The van der Waals surface area contributed by atoms with Crippen molar-refractivity contribution in [2.45, 2.75) is 76.0 Å². The van der Waals surface area contributed by atoms with Gasteiger partial charge in [-0.25, -0.2) is 4.79 Å². The van der Waals surface area contributed by atoms with E-state index >= 15 is 0 Å². The van der Waals surface area contributed by atoms with Gasteiger partial charge in [-0.3, -0.25) is 24.8 Å². The molecule has 0 unspecified atom stereocenters. The number of aliphatic carboxylic acids is 1. The molecule has 2 aromatic carbocycles. The van der Waals surface area contributed by atoms with E-state index in [0.29, 0.717) is 24.9 Å². The van der Waals surface area contributed by atoms with E-state index in [1.165, 1.54) is 0 Å². The van der Waals surface area contributed by atoms with Crippen LogP contribution in [0.3, 0.4) is 0 Å². The maximum Gasteiger partial charge on any atom is 0.490 e. The van der Waals surface area contributed by atoms with Gasteiger partial charge in [0.05, 0.1) is 0 Å². The topological polar surface area (TPSA) is 253 Å². The Kier molecular flexibility index (Phi) is 16.0. The molecule has 0 aliphatic heterocycles. The normalized spacial score (nSPS) is 14.9. The van der Waals surface area contributed by atoms with Gasteiger partial charge in [0.15, 0.2) is 5.96 Å². The van der Waals surface area contributed by atoms with E-state index in [4.69, 9.17) is 38.2 Å². The summed E-state index contributed by atoms with van der Waals surface area (Å²) in [6, 6.07) is 14.9. The summed E-state index contributed by atoms with van der Waals surface area (Å²) in [5, 5.41) is 20.6. The zero-order chi connectivity index (χ0) is 36.6. The Morgan fingerprint density at radius 1 is 0.837 bits per heavy atom. The van der Waals surface area contributed by atoms with Gasteiger partial charge < -0.3 is 38.7 Å². The summed E-state index contributed by atoms with van der Waals surface area (Å²) < 4.78 is 31.7. The lowest BCUT2D eigenvalue weighted by Gasteiger charge is -2.31. The van der Waals surface area contributed by atoms with Crippen molar-refractivity contribution >= 4 is 35.5 Å². The van der Waals surface area contributed by atoms with E-state index < -0.39 is 36.0 Å². The number of primary amides is 1. The number of amidine groups is 1. The molecule has 1 aliphatic carbocycles. The summed E-state index contributed by atoms with van der Waals surface area (Å²) in [5.74, 6) is -4.33. The van der Waals surface area contributed by atoms with Crippen LogP contribution in [0.4, 0.5) is 13.2 Å². The van der Waals surface area contributed by atoms with Crippen molar-refractivity contribution in [3.8, 4) is 0 Å². The molecular formula is C33H45F3N8O5. The van der Waals surface area contributed by atoms with Gasteiger partial charge in [0.2, 0.25) is 17.7 Å². The number of carboxylic acid groups (broad SMARTS) is 1. The fourth-order valence-corrected chi connectivity index (χ4v) is 5.48. The Morgan fingerprint density at radius 2 is 1.39 bits per heavy atom. The van der Waals surface area contributed by atoms with Gasteiger partial charge in [0.1, 0.15) is 17.9 Å². The summed E-state index contributed by atoms with van der Waals surface area (Å²) in [4.78, 5) is 52.5. The number of benzene rings is 2. The van der Waals surface area contributed by atoms with E-state index in [2.05, 4.69) is 15.6 Å². The summed E-state index contributed by atoms with van der Waals surface area (Å²) in [7, 11) is 0. The molecular weight excluding hydrogens is 645 g/mol. The predicted octanol–water partition coefficient (Wildman–Crippen LogP) is 2.09. The van der Waals surface area contributed by atoms with Gasteiger partial charge in [0, 0.05) is 24.4 Å². The number of hydrogen-bond acceptors (Lipinski definition) is 6. The molecule has 1 saturated carbocycles. The molecule has 0 heterocycles. The van der Waals surface area contributed by atoms with Gasteiger partial charge in [0.25, 0.3) is 0 Å². The highest BCUT2D eigenvalue weighted by atomic mass is 19.4. The van der Waals surface area contributed by atoms with Gasteiger partial charge in [-0.2, -0.15) is 13.2 Å². The maximum absolute atomic E-state index is 13.9. The first-order chi connectivity index (χ1) is 23.1.